The number of carboxylic acids is 1. The number of carboxylic acid groups (broad SMARTS) is 1. The minimum absolute atomic E-state index is 0.0110. The van der Waals surface area contributed by atoms with E-state index < -0.39 is 5.97 Å². The van der Waals surface area contributed by atoms with Gasteiger partial charge in [0.1, 0.15) is 0 Å². The third kappa shape index (κ3) is 5.59. The topological polar surface area (TPSA) is 66.8 Å². The normalized spacial score (nSPS) is 19.4. The highest BCUT2D eigenvalue weighted by atomic mass is 16.5. The van der Waals surface area contributed by atoms with Crippen LogP contribution in [0.15, 0.2) is 0 Å². The first-order valence-electron chi connectivity index (χ1n) is 6.94. The van der Waals surface area contributed by atoms with E-state index in [1.54, 1.807) is 4.90 Å². The molecule has 1 amide bonds. The van der Waals surface area contributed by atoms with E-state index in [2.05, 4.69) is 0 Å². The summed E-state index contributed by atoms with van der Waals surface area (Å²) in [7, 11) is 0. The Hall–Kier alpha value is -1.10. The summed E-state index contributed by atoms with van der Waals surface area (Å²) in [6, 6.07) is 0. The molecule has 1 aliphatic heterocycles. The molecule has 1 fully saturated rings. The Bertz CT molecular complexity index is 316. The predicted molar refractivity (Wildman–Crippen MR) is 71.9 cm³/mol. The first kappa shape index (κ1) is 16.0. The molecule has 5 heteroatoms. The highest BCUT2D eigenvalue weighted by Crippen LogP contribution is 2.20. The molecule has 1 atom stereocenters. The zero-order chi connectivity index (χ0) is 14.5. The van der Waals surface area contributed by atoms with Crippen molar-refractivity contribution in [2.24, 2.45) is 0 Å². The van der Waals surface area contributed by atoms with Gasteiger partial charge in [-0.3, -0.25) is 9.59 Å². The largest absolute Gasteiger partial charge is 0.481 e. The van der Waals surface area contributed by atoms with E-state index in [1.165, 1.54) is 0 Å². The molecule has 0 aromatic rings. The Morgan fingerprint density at radius 3 is 2.47 bits per heavy atom. The molecule has 5 nitrogen and oxygen atoms in total. The molecule has 0 saturated carbocycles. The van der Waals surface area contributed by atoms with Crippen LogP contribution in [0.2, 0.25) is 0 Å². The molecule has 0 spiro atoms. The molecule has 110 valence electrons. The van der Waals surface area contributed by atoms with Gasteiger partial charge in [0.05, 0.1) is 12.5 Å². The third-order valence-electron chi connectivity index (χ3n) is 3.36. The van der Waals surface area contributed by atoms with Crippen LogP contribution >= 0.6 is 0 Å². The van der Waals surface area contributed by atoms with Gasteiger partial charge in [0, 0.05) is 25.1 Å². The van der Waals surface area contributed by atoms with Crippen LogP contribution in [0.3, 0.4) is 0 Å². The second-order valence-electron chi connectivity index (χ2n) is 6.03. The van der Waals surface area contributed by atoms with Gasteiger partial charge in [0.15, 0.2) is 0 Å². The van der Waals surface area contributed by atoms with Gasteiger partial charge in [0.25, 0.3) is 0 Å². The molecular weight excluding hydrogens is 246 g/mol. The summed E-state index contributed by atoms with van der Waals surface area (Å²) < 4.78 is 5.50. The number of rotatable bonds is 6. The fourth-order valence-electron chi connectivity index (χ4n) is 2.33. The molecule has 1 N–H and O–H groups in total. The van der Waals surface area contributed by atoms with E-state index in [0.29, 0.717) is 6.42 Å². The molecule has 19 heavy (non-hydrogen) atoms. The van der Waals surface area contributed by atoms with E-state index >= 15 is 0 Å². The molecule has 0 radical (unpaired) electrons. The van der Waals surface area contributed by atoms with Gasteiger partial charge >= 0.3 is 5.97 Å². The molecule has 1 rings (SSSR count). The van der Waals surface area contributed by atoms with E-state index in [1.807, 2.05) is 20.8 Å². The quantitative estimate of drug-likeness (QED) is 0.803. The molecular formula is C14H25NO4. The third-order valence-corrected chi connectivity index (χ3v) is 3.36. The maximum atomic E-state index is 12.2. The van der Waals surface area contributed by atoms with Crippen molar-refractivity contribution < 1.29 is 19.4 Å². The second-order valence-corrected chi connectivity index (χ2v) is 6.03. The van der Waals surface area contributed by atoms with Crippen molar-refractivity contribution in [1.82, 2.24) is 4.90 Å². The lowest BCUT2D eigenvalue weighted by Crippen LogP contribution is -2.46. The zero-order valence-corrected chi connectivity index (χ0v) is 12.1. The van der Waals surface area contributed by atoms with Crippen LogP contribution in [0.25, 0.3) is 0 Å². The monoisotopic (exact) mass is 271 g/mol. The molecule has 1 aliphatic rings. The maximum Gasteiger partial charge on any atom is 0.305 e. The molecule has 0 aromatic carbocycles. The number of amides is 1. The van der Waals surface area contributed by atoms with Crippen molar-refractivity contribution in [3.63, 3.8) is 0 Å². The van der Waals surface area contributed by atoms with Crippen molar-refractivity contribution in [2.45, 2.75) is 64.5 Å². The van der Waals surface area contributed by atoms with Crippen LogP contribution in [0.1, 0.15) is 52.9 Å². The Labute approximate surface area is 114 Å². The van der Waals surface area contributed by atoms with Crippen LogP contribution < -0.4 is 0 Å². The number of carbonyl (C=O) groups is 2. The van der Waals surface area contributed by atoms with Gasteiger partial charge in [-0.15, -0.1) is 0 Å². The minimum atomic E-state index is -0.874. The number of aliphatic carboxylic acids is 1. The van der Waals surface area contributed by atoms with E-state index in [4.69, 9.17) is 9.84 Å². The predicted octanol–water partition coefficient (Wildman–Crippen LogP) is 2.05. The van der Waals surface area contributed by atoms with Crippen LogP contribution in [0.5, 0.6) is 0 Å². The fourth-order valence-corrected chi connectivity index (χ4v) is 2.33. The number of carbonyl (C=O) groups excluding carboxylic acids is 1. The van der Waals surface area contributed by atoms with Crippen LogP contribution in [0.4, 0.5) is 0 Å². The Morgan fingerprint density at radius 1 is 1.32 bits per heavy atom. The second kappa shape index (κ2) is 6.89. The summed E-state index contributed by atoms with van der Waals surface area (Å²) in [5.74, 6) is -0.856. The van der Waals surface area contributed by atoms with Gasteiger partial charge in [-0.05, 0) is 40.0 Å². The summed E-state index contributed by atoms with van der Waals surface area (Å²) >= 11 is 0. The maximum absolute atomic E-state index is 12.2. The summed E-state index contributed by atoms with van der Waals surface area (Å²) in [5.41, 5.74) is -0.344. The molecule has 0 aromatic heterocycles. The smallest absolute Gasteiger partial charge is 0.305 e. The van der Waals surface area contributed by atoms with Crippen molar-refractivity contribution in [2.75, 3.05) is 13.2 Å². The minimum Gasteiger partial charge on any atom is -0.481 e. The number of nitrogens with zero attached hydrogens (tertiary/aromatic N) is 1. The van der Waals surface area contributed by atoms with Crippen molar-refractivity contribution in [3.05, 3.63) is 0 Å². The van der Waals surface area contributed by atoms with Crippen LogP contribution in [-0.4, -0.2) is 46.7 Å². The Balaban J connectivity index is 2.48. The first-order chi connectivity index (χ1) is 8.80. The summed E-state index contributed by atoms with van der Waals surface area (Å²) in [4.78, 5) is 24.6. The van der Waals surface area contributed by atoms with E-state index in [-0.39, 0.29) is 30.5 Å². The SMILES string of the molecule is CC(C)(C)N(CCC(=O)O)C(=O)CCC1CCCO1. The molecule has 1 heterocycles. The molecule has 1 unspecified atom stereocenters. The summed E-state index contributed by atoms with van der Waals surface area (Å²) in [6.07, 6.45) is 3.45. The number of hydrogen-bond acceptors (Lipinski definition) is 3. The Kier molecular flexibility index (Phi) is 5.79. The lowest BCUT2D eigenvalue weighted by molar-refractivity contribution is -0.140. The highest BCUT2D eigenvalue weighted by Gasteiger charge is 2.27. The van der Waals surface area contributed by atoms with E-state index in [9.17, 15) is 9.59 Å². The molecule has 0 aliphatic carbocycles. The highest BCUT2D eigenvalue weighted by molar-refractivity contribution is 5.77. The van der Waals surface area contributed by atoms with Crippen molar-refractivity contribution in [1.29, 1.82) is 0 Å². The van der Waals surface area contributed by atoms with E-state index in [0.717, 1.165) is 25.9 Å². The standard InChI is InChI=1S/C14H25NO4/c1-14(2,3)15(9-8-13(17)18)12(16)7-6-11-5-4-10-19-11/h11H,4-10H2,1-3H3,(H,17,18). The summed E-state index contributed by atoms with van der Waals surface area (Å²) in [6.45, 7) is 6.85. The van der Waals surface area contributed by atoms with Gasteiger partial charge in [-0.1, -0.05) is 0 Å². The van der Waals surface area contributed by atoms with Crippen molar-refractivity contribution >= 4 is 11.9 Å². The van der Waals surface area contributed by atoms with Gasteiger partial charge in [-0.25, -0.2) is 0 Å². The Morgan fingerprint density at radius 2 is 2.00 bits per heavy atom. The number of ether oxygens (including phenoxy) is 1. The molecule has 0 bridgehead atoms. The lowest BCUT2D eigenvalue weighted by atomic mass is 10.0. The van der Waals surface area contributed by atoms with Gasteiger partial charge in [0.2, 0.25) is 5.91 Å². The lowest BCUT2D eigenvalue weighted by Gasteiger charge is -2.35. The van der Waals surface area contributed by atoms with Crippen molar-refractivity contribution in [3.8, 4) is 0 Å². The molecule has 1 saturated heterocycles. The van der Waals surface area contributed by atoms with Gasteiger partial charge < -0.3 is 14.7 Å². The van der Waals surface area contributed by atoms with Gasteiger partial charge in [-0.2, -0.15) is 0 Å². The van der Waals surface area contributed by atoms with Crippen LogP contribution in [-0.2, 0) is 14.3 Å². The average Bonchev–Trinajstić information content (AvgIpc) is 2.76. The fraction of sp³-hybridized carbons (Fsp3) is 0.857. The van der Waals surface area contributed by atoms with Crippen LogP contribution in [0, 0.1) is 0 Å². The zero-order valence-electron chi connectivity index (χ0n) is 12.1. The average molecular weight is 271 g/mol. The first-order valence-corrected chi connectivity index (χ1v) is 6.94. The summed E-state index contributed by atoms with van der Waals surface area (Å²) in [5, 5.41) is 8.75. The number of hydrogen-bond donors (Lipinski definition) is 1.